The van der Waals surface area contributed by atoms with E-state index in [-0.39, 0.29) is 0 Å². The maximum Gasteiger partial charge on any atom is 0.119 e. The van der Waals surface area contributed by atoms with Gasteiger partial charge in [-0.3, -0.25) is 0 Å². The second kappa shape index (κ2) is 7.49. The quantitative estimate of drug-likeness (QED) is 0.410. The fourth-order valence-corrected chi connectivity index (χ4v) is 1.11. The summed E-state index contributed by atoms with van der Waals surface area (Å²) in [5.41, 5.74) is 2.08. The minimum atomic E-state index is 0.572. The molecule has 0 spiro atoms. The summed E-state index contributed by atoms with van der Waals surface area (Å²) in [6, 6.07) is 7.70. The van der Waals surface area contributed by atoms with Crippen molar-refractivity contribution in [1.82, 2.24) is 0 Å². The zero-order valence-corrected chi connectivity index (χ0v) is 10.5. The minimum Gasteiger partial charge on any atom is -0.489 e. The molecule has 92 valence electrons. The SMILES string of the molecule is C=C(CC)COc1ccc(C=NOCC)cc1. The van der Waals surface area contributed by atoms with Crippen molar-refractivity contribution >= 4 is 6.21 Å². The van der Waals surface area contributed by atoms with E-state index in [9.17, 15) is 0 Å². The minimum absolute atomic E-state index is 0.572. The lowest BCUT2D eigenvalue weighted by Crippen LogP contribution is -1.99. The molecule has 0 saturated carbocycles. The Labute approximate surface area is 103 Å². The van der Waals surface area contributed by atoms with Crippen molar-refractivity contribution in [2.45, 2.75) is 20.3 Å². The Morgan fingerprint density at radius 1 is 1.29 bits per heavy atom. The van der Waals surface area contributed by atoms with Gasteiger partial charge in [0.05, 0.1) is 6.21 Å². The van der Waals surface area contributed by atoms with Gasteiger partial charge in [-0.25, -0.2) is 0 Å². The van der Waals surface area contributed by atoms with Crippen molar-refractivity contribution in [2.75, 3.05) is 13.2 Å². The van der Waals surface area contributed by atoms with Gasteiger partial charge >= 0.3 is 0 Å². The molecular formula is C14H19NO2. The molecule has 3 nitrogen and oxygen atoms in total. The van der Waals surface area contributed by atoms with Gasteiger partial charge in [0.2, 0.25) is 0 Å². The highest BCUT2D eigenvalue weighted by atomic mass is 16.6. The molecule has 0 unspecified atom stereocenters. The van der Waals surface area contributed by atoms with E-state index in [0.717, 1.165) is 23.3 Å². The van der Waals surface area contributed by atoms with E-state index >= 15 is 0 Å². The van der Waals surface area contributed by atoms with Crippen molar-refractivity contribution in [1.29, 1.82) is 0 Å². The molecule has 0 aliphatic heterocycles. The lowest BCUT2D eigenvalue weighted by Gasteiger charge is -2.06. The fraction of sp³-hybridized carbons (Fsp3) is 0.357. The molecule has 17 heavy (non-hydrogen) atoms. The van der Waals surface area contributed by atoms with Gasteiger partial charge in [0.1, 0.15) is 19.0 Å². The summed E-state index contributed by atoms with van der Waals surface area (Å²) in [5, 5.41) is 3.80. The highest BCUT2D eigenvalue weighted by Crippen LogP contribution is 2.12. The average molecular weight is 233 g/mol. The summed E-state index contributed by atoms with van der Waals surface area (Å²) in [6.07, 6.45) is 2.62. The Morgan fingerprint density at radius 2 is 2.00 bits per heavy atom. The van der Waals surface area contributed by atoms with Crippen LogP contribution < -0.4 is 4.74 Å². The number of ether oxygens (including phenoxy) is 1. The molecular weight excluding hydrogens is 214 g/mol. The molecule has 0 amide bonds. The number of nitrogens with zero attached hydrogens (tertiary/aromatic N) is 1. The number of hydrogen-bond acceptors (Lipinski definition) is 3. The maximum atomic E-state index is 5.56. The molecule has 3 heteroatoms. The molecule has 0 aromatic heterocycles. The largest absolute Gasteiger partial charge is 0.489 e. The van der Waals surface area contributed by atoms with Crippen LogP contribution in [0, 0.1) is 0 Å². The summed E-state index contributed by atoms with van der Waals surface area (Å²) >= 11 is 0. The standard InChI is InChI=1S/C14H19NO2/c1-4-12(3)11-16-14-8-6-13(7-9-14)10-15-17-5-2/h6-10H,3-5,11H2,1-2H3. The summed E-state index contributed by atoms with van der Waals surface area (Å²) in [6.45, 7) is 9.01. The van der Waals surface area contributed by atoms with Crippen LogP contribution >= 0.6 is 0 Å². The second-order valence-electron chi connectivity index (χ2n) is 3.61. The van der Waals surface area contributed by atoms with Crippen LogP contribution in [-0.4, -0.2) is 19.4 Å². The third-order valence-electron chi connectivity index (χ3n) is 2.23. The van der Waals surface area contributed by atoms with Gasteiger partial charge in [-0.2, -0.15) is 0 Å². The first-order valence-corrected chi connectivity index (χ1v) is 5.81. The van der Waals surface area contributed by atoms with E-state index in [1.165, 1.54) is 0 Å². The Balaban J connectivity index is 2.47. The highest BCUT2D eigenvalue weighted by Gasteiger charge is 1.95. The Morgan fingerprint density at radius 3 is 2.59 bits per heavy atom. The Bertz CT molecular complexity index is 368. The average Bonchev–Trinajstić information content (AvgIpc) is 2.37. The topological polar surface area (TPSA) is 30.8 Å². The molecule has 0 radical (unpaired) electrons. The van der Waals surface area contributed by atoms with E-state index in [1.54, 1.807) is 6.21 Å². The molecule has 1 rings (SSSR count). The lowest BCUT2D eigenvalue weighted by atomic mass is 10.2. The third-order valence-corrected chi connectivity index (χ3v) is 2.23. The Kier molecular flexibility index (Phi) is 5.86. The molecule has 1 aromatic carbocycles. The summed E-state index contributed by atoms with van der Waals surface area (Å²) in [4.78, 5) is 4.89. The number of oxime groups is 1. The van der Waals surface area contributed by atoms with Crippen LogP contribution in [0.2, 0.25) is 0 Å². The van der Waals surface area contributed by atoms with E-state index in [4.69, 9.17) is 9.57 Å². The van der Waals surface area contributed by atoms with Crippen LogP contribution in [0.1, 0.15) is 25.8 Å². The predicted octanol–water partition coefficient (Wildman–Crippen LogP) is 3.40. The zero-order chi connectivity index (χ0) is 12.5. The van der Waals surface area contributed by atoms with Crippen LogP contribution in [-0.2, 0) is 4.84 Å². The second-order valence-corrected chi connectivity index (χ2v) is 3.61. The molecule has 0 atom stereocenters. The number of benzene rings is 1. The van der Waals surface area contributed by atoms with E-state index < -0.39 is 0 Å². The van der Waals surface area contributed by atoms with Crippen LogP contribution in [0.15, 0.2) is 41.6 Å². The molecule has 1 aromatic rings. The summed E-state index contributed by atoms with van der Waals surface area (Å²) in [7, 11) is 0. The van der Waals surface area contributed by atoms with Crippen molar-refractivity contribution in [3.8, 4) is 5.75 Å². The van der Waals surface area contributed by atoms with Crippen molar-refractivity contribution < 1.29 is 9.57 Å². The molecule has 0 saturated heterocycles. The zero-order valence-electron chi connectivity index (χ0n) is 10.5. The first kappa shape index (κ1) is 13.3. The number of hydrogen-bond donors (Lipinski definition) is 0. The van der Waals surface area contributed by atoms with Gasteiger partial charge < -0.3 is 9.57 Å². The molecule has 0 aliphatic carbocycles. The Hall–Kier alpha value is -1.77. The van der Waals surface area contributed by atoms with Crippen LogP contribution in [0.3, 0.4) is 0 Å². The van der Waals surface area contributed by atoms with Gasteiger partial charge in [-0.1, -0.05) is 18.7 Å². The highest BCUT2D eigenvalue weighted by molar-refractivity contribution is 5.79. The van der Waals surface area contributed by atoms with Crippen LogP contribution in [0.5, 0.6) is 5.75 Å². The van der Waals surface area contributed by atoms with Gasteiger partial charge in [-0.15, -0.1) is 0 Å². The van der Waals surface area contributed by atoms with Gasteiger partial charge in [0.25, 0.3) is 0 Å². The summed E-state index contributed by atoms with van der Waals surface area (Å²) in [5.74, 6) is 0.841. The van der Waals surface area contributed by atoms with Crippen molar-refractivity contribution in [3.63, 3.8) is 0 Å². The molecule has 0 fully saturated rings. The normalized spacial score (nSPS) is 10.5. The first-order chi connectivity index (χ1) is 8.26. The lowest BCUT2D eigenvalue weighted by molar-refractivity contribution is 0.160. The predicted molar refractivity (Wildman–Crippen MR) is 70.6 cm³/mol. The fourth-order valence-electron chi connectivity index (χ4n) is 1.11. The molecule has 0 bridgehead atoms. The molecule has 0 aliphatic rings. The van der Waals surface area contributed by atoms with E-state index in [0.29, 0.717) is 13.2 Å². The van der Waals surface area contributed by atoms with E-state index in [2.05, 4.69) is 18.7 Å². The van der Waals surface area contributed by atoms with Gasteiger partial charge in [-0.05, 0) is 48.7 Å². The molecule has 0 heterocycles. The van der Waals surface area contributed by atoms with Crippen molar-refractivity contribution in [3.05, 3.63) is 42.0 Å². The number of rotatable bonds is 7. The van der Waals surface area contributed by atoms with Crippen LogP contribution in [0.25, 0.3) is 0 Å². The molecule has 0 N–H and O–H groups in total. The van der Waals surface area contributed by atoms with Gasteiger partial charge in [0.15, 0.2) is 0 Å². The van der Waals surface area contributed by atoms with Crippen molar-refractivity contribution in [2.24, 2.45) is 5.16 Å². The third kappa shape index (κ3) is 5.20. The van der Waals surface area contributed by atoms with Gasteiger partial charge in [0, 0.05) is 0 Å². The van der Waals surface area contributed by atoms with E-state index in [1.807, 2.05) is 31.2 Å². The monoisotopic (exact) mass is 233 g/mol. The maximum absolute atomic E-state index is 5.56. The summed E-state index contributed by atoms with van der Waals surface area (Å²) < 4.78 is 5.56. The van der Waals surface area contributed by atoms with Crippen LogP contribution in [0.4, 0.5) is 0 Å². The first-order valence-electron chi connectivity index (χ1n) is 5.81. The smallest absolute Gasteiger partial charge is 0.119 e.